The summed E-state index contributed by atoms with van der Waals surface area (Å²) >= 11 is 3.36. The summed E-state index contributed by atoms with van der Waals surface area (Å²) < 4.78 is 4.86. The van der Waals surface area contributed by atoms with E-state index >= 15 is 0 Å². The van der Waals surface area contributed by atoms with Crippen LogP contribution in [-0.4, -0.2) is 12.6 Å². The van der Waals surface area contributed by atoms with Crippen LogP contribution >= 0.6 is 13.6 Å². The van der Waals surface area contributed by atoms with Crippen LogP contribution in [0.25, 0.3) is 0 Å². The Labute approximate surface area is 107 Å². The van der Waals surface area contributed by atoms with Crippen LogP contribution in [-0.2, 0) is 24.7 Å². The SMILES string of the molecule is CCOC(=O)CCCCCCC[CH2][Zn][Br]. The van der Waals surface area contributed by atoms with E-state index in [1.807, 2.05) is 6.92 Å². The van der Waals surface area contributed by atoms with E-state index in [0.29, 0.717) is 13.0 Å². The van der Waals surface area contributed by atoms with Gasteiger partial charge in [0.2, 0.25) is 0 Å². The van der Waals surface area contributed by atoms with Crippen LogP contribution in [0, 0.1) is 0 Å². The number of esters is 1. The van der Waals surface area contributed by atoms with Crippen LogP contribution in [0.1, 0.15) is 51.9 Å². The number of ether oxygens (including phenoxy) is 1. The zero-order valence-electron chi connectivity index (χ0n) is 9.77. The molecule has 0 bridgehead atoms. The fourth-order valence-corrected chi connectivity index (χ4v) is 4.68. The summed E-state index contributed by atoms with van der Waals surface area (Å²) in [4.78, 5) is 11.0. The first-order valence-electron chi connectivity index (χ1n) is 6.02. The van der Waals surface area contributed by atoms with E-state index in [1.165, 1.54) is 37.1 Å². The van der Waals surface area contributed by atoms with Crippen molar-refractivity contribution < 1.29 is 24.7 Å². The number of unbranched alkanes of at least 4 members (excludes halogenated alkanes) is 5. The molecule has 0 saturated heterocycles. The third-order valence-electron chi connectivity index (χ3n) is 2.32. The van der Waals surface area contributed by atoms with Gasteiger partial charge in [-0.2, -0.15) is 0 Å². The first-order valence-corrected chi connectivity index (χ1v) is 15.1. The second kappa shape index (κ2) is 12.6. The average molecular weight is 331 g/mol. The van der Waals surface area contributed by atoms with Crippen molar-refractivity contribution in [1.29, 1.82) is 0 Å². The Kier molecular flexibility index (Phi) is 13.1. The van der Waals surface area contributed by atoms with Gasteiger partial charge in [-0.05, 0) is 0 Å². The predicted octanol–water partition coefficient (Wildman–Crippen LogP) is 4.09. The Morgan fingerprint density at radius 1 is 1.13 bits per heavy atom. The number of carbonyl (C=O) groups excluding carboxylic acids is 1. The molecule has 0 aromatic heterocycles. The summed E-state index contributed by atoms with van der Waals surface area (Å²) in [5.41, 5.74) is 0. The molecule has 0 aliphatic carbocycles. The Balaban J connectivity index is 3.01. The minimum atomic E-state index is -0.251. The van der Waals surface area contributed by atoms with Crippen molar-refractivity contribution in [3.8, 4) is 0 Å². The van der Waals surface area contributed by atoms with Gasteiger partial charge in [-0.25, -0.2) is 0 Å². The fourth-order valence-electron chi connectivity index (χ4n) is 1.48. The molecule has 0 aromatic carbocycles. The zero-order valence-corrected chi connectivity index (χ0v) is 14.3. The topological polar surface area (TPSA) is 26.3 Å². The number of hydrogen-bond donors (Lipinski definition) is 0. The molecule has 15 heavy (non-hydrogen) atoms. The Bertz CT molecular complexity index is 154. The summed E-state index contributed by atoms with van der Waals surface area (Å²) in [5, 5.41) is 1.47. The molecule has 0 aromatic rings. The summed E-state index contributed by atoms with van der Waals surface area (Å²) in [6, 6.07) is 0. The molecule has 0 N–H and O–H groups in total. The number of carbonyl (C=O) groups is 1. The van der Waals surface area contributed by atoms with Gasteiger partial charge in [0, 0.05) is 0 Å². The van der Waals surface area contributed by atoms with E-state index in [-0.39, 0.29) is 21.1 Å². The van der Waals surface area contributed by atoms with E-state index in [0.717, 1.165) is 6.42 Å². The van der Waals surface area contributed by atoms with Crippen molar-refractivity contribution in [3.05, 3.63) is 0 Å². The second-order valence-electron chi connectivity index (χ2n) is 3.72. The zero-order chi connectivity index (χ0) is 11.4. The van der Waals surface area contributed by atoms with Gasteiger partial charge in [-0.3, -0.25) is 0 Å². The molecule has 0 heterocycles. The van der Waals surface area contributed by atoms with Crippen molar-refractivity contribution in [1.82, 2.24) is 0 Å². The van der Waals surface area contributed by atoms with E-state index < -0.39 is 0 Å². The Morgan fingerprint density at radius 3 is 2.33 bits per heavy atom. The van der Waals surface area contributed by atoms with Gasteiger partial charge in [0.1, 0.15) is 0 Å². The van der Waals surface area contributed by atoms with Crippen LogP contribution in [0.3, 0.4) is 0 Å². The molecule has 0 radical (unpaired) electrons. The molecule has 0 fully saturated rings. The summed E-state index contributed by atoms with van der Waals surface area (Å²) in [5.74, 6) is -0.0371. The summed E-state index contributed by atoms with van der Waals surface area (Å²) in [7, 11) is 0. The molecule has 2 nitrogen and oxygen atoms in total. The van der Waals surface area contributed by atoms with Crippen LogP contribution in [0.2, 0.25) is 5.02 Å². The monoisotopic (exact) mass is 328 g/mol. The van der Waals surface area contributed by atoms with E-state index in [1.54, 1.807) is 0 Å². The molecule has 0 atom stereocenters. The number of halogens is 1. The van der Waals surface area contributed by atoms with Crippen molar-refractivity contribution in [2.75, 3.05) is 6.61 Å². The third kappa shape index (κ3) is 12.5. The van der Waals surface area contributed by atoms with E-state index in [9.17, 15) is 4.79 Å². The van der Waals surface area contributed by atoms with Gasteiger partial charge >= 0.3 is 108 Å². The van der Waals surface area contributed by atoms with Crippen LogP contribution in [0.5, 0.6) is 0 Å². The third-order valence-corrected chi connectivity index (χ3v) is 6.84. The van der Waals surface area contributed by atoms with E-state index in [2.05, 4.69) is 13.6 Å². The molecular weight excluding hydrogens is 309 g/mol. The fraction of sp³-hybridized carbons (Fsp3) is 0.909. The molecule has 0 amide bonds. The van der Waals surface area contributed by atoms with Crippen molar-refractivity contribution in [2.24, 2.45) is 0 Å². The number of hydrogen-bond acceptors (Lipinski definition) is 2. The van der Waals surface area contributed by atoms with Crippen LogP contribution < -0.4 is 0 Å². The van der Waals surface area contributed by atoms with Crippen molar-refractivity contribution in [2.45, 2.75) is 56.9 Å². The van der Waals surface area contributed by atoms with Crippen molar-refractivity contribution >= 4 is 19.6 Å². The molecule has 0 unspecified atom stereocenters. The molecule has 0 aliphatic heterocycles. The molecule has 0 aliphatic rings. The molecule has 0 saturated carbocycles. The first-order chi connectivity index (χ1) is 7.31. The molecule has 86 valence electrons. The van der Waals surface area contributed by atoms with E-state index in [4.69, 9.17) is 4.74 Å². The predicted molar refractivity (Wildman–Crippen MR) is 62.7 cm³/mol. The van der Waals surface area contributed by atoms with Gasteiger partial charge in [0.25, 0.3) is 0 Å². The molecule has 4 heteroatoms. The van der Waals surface area contributed by atoms with Crippen molar-refractivity contribution in [3.63, 3.8) is 0 Å². The quantitative estimate of drug-likeness (QED) is 0.342. The van der Waals surface area contributed by atoms with Gasteiger partial charge in [-0.15, -0.1) is 0 Å². The van der Waals surface area contributed by atoms with Gasteiger partial charge < -0.3 is 0 Å². The number of rotatable bonds is 10. The van der Waals surface area contributed by atoms with Gasteiger partial charge in [-0.1, -0.05) is 0 Å². The normalized spacial score (nSPS) is 9.73. The first kappa shape index (κ1) is 15.6. The maximum absolute atomic E-state index is 11.0. The Morgan fingerprint density at radius 2 is 1.73 bits per heavy atom. The average Bonchev–Trinajstić information content (AvgIpc) is 2.22. The van der Waals surface area contributed by atoms with Crippen LogP contribution in [0.15, 0.2) is 0 Å². The standard InChI is InChI=1S/C11H21O2.BrH.Zn/c1-3-5-6-7-8-9-10-11(12)13-4-2;;/h1,3-10H2,2H3;1H;/q;;+1/p-1. The summed E-state index contributed by atoms with van der Waals surface area (Å²) in [6.07, 6.45) is 8.15. The maximum atomic E-state index is 11.0. The van der Waals surface area contributed by atoms with Gasteiger partial charge in [0.05, 0.1) is 0 Å². The molecule has 0 spiro atoms. The minimum absolute atomic E-state index is 0.0371. The molecular formula is C11H21BrO2Zn. The molecule has 0 rings (SSSR count). The second-order valence-corrected chi connectivity index (χ2v) is 10.1. The van der Waals surface area contributed by atoms with Gasteiger partial charge in [0.15, 0.2) is 0 Å². The Hall–Kier alpha value is 0.573. The van der Waals surface area contributed by atoms with Crippen LogP contribution in [0.4, 0.5) is 0 Å². The summed E-state index contributed by atoms with van der Waals surface area (Å²) in [6.45, 7) is 2.36.